The van der Waals surface area contributed by atoms with Crippen LogP contribution in [-0.4, -0.2) is 16.2 Å². The third-order valence-corrected chi connectivity index (χ3v) is 1.42. The highest BCUT2D eigenvalue weighted by molar-refractivity contribution is 14.1. The van der Waals surface area contributed by atoms with Crippen LogP contribution in [0.3, 0.4) is 0 Å². The molecule has 0 aliphatic rings. The van der Waals surface area contributed by atoms with E-state index in [1.807, 2.05) is 36.4 Å². The van der Waals surface area contributed by atoms with Gasteiger partial charge >= 0.3 is 0 Å². The lowest BCUT2D eigenvalue weighted by molar-refractivity contribution is 0.0485. The van der Waals surface area contributed by atoms with Gasteiger partial charge in [0.1, 0.15) is 6.61 Å². The first kappa shape index (κ1) is 8.92. The van der Waals surface area contributed by atoms with Gasteiger partial charge < -0.3 is 9.26 Å². The lowest BCUT2D eigenvalue weighted by Gasteiger charge is -2.02. The van der Waals surface area contributed by atoms with Crippen LogP contribution in [0.1, 0.15) is 19.7 Å². The van der Waals surface area contributed by atoms with Crippen LogP contribution in [0.25, 0.3) is 0 Å². The summed E-state index contributed by atoms with van der Waals surface area (Å²) < 4.78 is 10.7. The van der Waals surface area contributed by atoms with Crippen LogP contribution >= 0.6 is 22.6 Å². The first-order chi connectivity index (χ1) is 5.18. The van der Waals surface area contributed by atoms with Gasteiger partial charge in [0.05, 0.1) is 6.10 Å². The van der Waals surface area contributed by atoms with Gasteiger partial charge in [0, 0.05) is 22.6 Å². The van der Waals surface area contributed by atoms with Crippen molar-refractivity contribution in [2.45, 2.75) is 26.6 Å². The molecular formula is C6H9IN2O2. The summed E-state index contributed by atoms with van der Waals surface area (Å²) in [5, 5.41) is 3.62. The van der Waals surface area contributed by atoms with Gasteiger partial charge in [-0.2, -0.15) is 4.98 Å². The molecule has 5 heteroatoms. The second-order valence-electron chi connectivity index (χ2n) is 2.32. The highest BCUT2D eigenvalue weighted by Gasteiger charge is 2.03. The van der Waals surface area contributed by atoms with Crippen LogP contribution in [0.15, 0.2) is 4.52 Å². The van der Waals surface area contributed by atoms with Crippen molar-refractivity contribution in [3.05, 3.63) is 9.72 Å². The summed E-state index contributed by atoms with van der Waals surface area (Å²) in [6, 6.07) is 0. The first-order valence-corrected chi connectivity index (χ1v) is 4.36. The van der Waals surface area contributed by atoms with Gasteiger partial charge in [0.25, 0.3) is 5.89 Å². The monoisotopic (exact) mass is 268 g/mol. The van der Waals surface area contributed by atoms with E-state index in [0.717, 1.165) is 0 Å². The van der Waals surface area contributed by atoms with Gasteiger partial charge in [-0.15, -0.1) is 0 Å². The van der Waals surface area contributed by atoms with Gasteiger partial charge in [-0.05, 0) is 13.8 Å². The maximum atomic E-state index is 5.24. The van der Waals surface area contributed by atoms with Crippen molar-refractivity contribution < 1.29 is 9.26 Å². The Kier molecular flexibility index (Phi) is 3.25. The lowest BCUT2D eigenvalue weighted by atomic mass is 10.5. The van der Waals surface area contributed by atoms with E-state index in [9.17, 15) is 0 Å². The predicted octanol–water partition coefficient (Wildman–Crippen LogP) is 1.60. The third-order valence-electron chi connectivity index (χ3n) is 0.983. The molecule has 4 nitrogen and oxygen atoms in total. The second kappa shape index (κ2) is 4.01. The Balaban J connectivity index is 2.39. The summed E-state index contributed by atoms with van der Waals surface area (Å²) in [5.41, 5.74) is 0. The number of hydrogen-bond acceptors (Lipinski definition) is 4. The molecule has 1 aromatic heterocycles. The van der Waals surface area contributed by atoms with Crippen LogP contribution in [0.4, 0.5) is 0 Å². The van der Waals surface area contributed by atoms with Crippen molar-refractivity contribution >= 4 is 22.6 Å². The summed E-state index contributed by atoms with van der Waals surface area (Å²) in [6.07, 6.45) is 0.194. The molecule has 1 rings (SSSR count). The van der Waals surface area contributed by atoms with Crippen LogP contribution in [0.5, 0.6) is 0 Å². The fraction of sp³-hybridized carbons (Fsp3) is 0.667. The summed E-state index contributed by atoms with van der Waals surface area (Å²) in [7, 11) is 0. The lowest BCUT2D eigenvalue weighted by Crippen LogP contribution is -2.02. The number of nitrogens with zero attached hydrogens (tertiary/aromatic N) is 2. The van der Waals surface area contributed by atoms with Crippen molar-refractivity contribution in [1.29, 1.82) is 0 Å². The molecule has 0 aliphatic carbocycles. The van der Waals surface area contributed by atoms with Gasteiger partial charge in [0.15, 0.2) is 0 Å². The molecule has 0 spiro atoms. The molecule has 0 amide bonds. The SMILES string of the molecule is CC(C)OCc1nc(I)no1. The summed E-state index contributed by atoms with van der Waals surface area (Å²) in [5.74, 6) is 0.531. The van der Waals surface area contributed by atoms with Gasteiger partial charge in [-0.25, -0.2) is 0 Å². The minimum Gasteiger partial charge on any atom is -0.369 e. The molecule has 0 aromatic carbocycles. The molecule has 0 saturated carbocycles. The van der Waals surface area contributed by atoms with E-state index in [-0.39, 0.29) is 6.10 Å². The number of ether oxygens (including phenoxy) is 1. The maximum Gasteiger partial charge on any atom is 0.253 e. The first-order valence-electron chi connectivity index (χ1n) is 3.28. The Hall–Kier alpha value is -0.170. The van der Waals surface area contributed by atoms with Crippen molar-refractivity contribution in [3.63, 3.8) is 0 Å². The van der Waals surface area contributed by atoms with Crippen LogP contribution in [0, 0.1) is 3.83 Å². The normalized spacial score (nSPS) is 10.9. The highest BCUT2D eigenvalue weighted by atomic mass is 127. The zero-order chi connectivity index (χ0) is 8.27. The molecule has 0 unspecified atom stereocenters. The molecule has 0 atom stereocenters. The van der Waals surface area contributed by atoms with Crippen molar-refractivity contribution in [1.82, 2.24) is 10.1 Å². The smallest absolute Gasteiger partial charge is 0.253 e. The topological polar surface area (TPSA) is 48.2 Å². The van der Waals surface area contributed by atoms with Crippen molar-refractivity contribution in [2.24, 2.45) is 0 Å². The second-order valence-corrected chi connectivity index (χ2v) is 3.28. The Morgan fingerprint density at radius 2 is 2.36 bits per heavy atom. The van der Waals surface area contributed by atoms with Crippen molar-refractivity contribution in [3.8, 4) is 0 Å². The largest absolute Gasteiger partial charge is 0.369 e. The number of halogens is 1. The molecular weight excluding hydrogens is 259 g/mol. The molecule has 62 valence electrons. The number of rotatable bonds is 3. The zero-order valence-electron chi connectivity index (χ0n) is 6.37. The molecule has 11 heavy (non-hydrogen) atoms. The van der Waals surface area contributed by atoms with Gasteiger partial charge in [-0.3, -0.25) is 0 Å². The van der Waals surface area contributed by atoms with E-state index in [4.69, 9.17) is 9.26 Å². The molecule has 0 fully saturated rings. The molecule has 0 aliphatic heterocycles. The van der Waals surface area contributed by atoms with Crippen molar-refractivity contribution in [2.75, 3.05) is 0 Å². The van der Waals surface area contributed by atoms with Crippen LogP contribution in [-0.2, 0) is 11.3 Å². The van der Waals surface area contributed by atoms with E-state index in [1.165, 1.54) is 0 Å². The third kappa shape index (κ3) is 3.15. The Morgan fingerprint density at radius 3 is 2.82 bits per heavy atom. The average Bonchev–Trinajstić information content (AvgIpc) is 2.31. The average molecular weight is 268 g/mol. The van der Waals surface area contributed by atoms with Crippen LogP contribution < -0.4 is 0 Å². The Morgan fingerprint density at radius 1 is 1.64 bits per heavy atom. The molecule has 0 radical (unpaired) electrons. The van der Waals surface area contributed by atoms with E-state index in [2.05, 4.69) is 10.1 Å². The summed E-state index contributed by atoms with van der Waals surface area (Å²) >= 11 is 1.99. The van der Waals surface area contributed by atoms with Gasteiger partial charge in [-0.1, -0.05) is 5.16 Å². The van der Waals surface area contributed by atoms with E-state index in [0.29, 0.717) is 16.3 Å². The fourth-order valence-corrected chi connectivity index (χ4v) is 0.898. The van der Waals surface area contributed by atoms with Gasteiger partial charge in [0.2, 0.25) is 3.83 Å². The zero-order valence-corrected chi connectivity index (χ0v) is 8.53. The molecule has 1 heterocycles. The molecule has 0 saturated heterocycles. The molecule has 1 aromatic rings. The predicted molar refractivity (Wildman–Crippen MR) is 46.9 cm³/mol. The minimum absolute atomic E-state index is 0.194. The Bertz CT molecular complexity index is 224. The quantitative estimate of drug-likeness (QED) is 0.781. The summed E-state index contributed by atoms with van der Waals surface area (Å²) in [4.78, 5) is 3.97. The molecule has 0 N–H and O–H groups in total. The summed E-state index contributed by atoms with van der Waals surface area (Å²) in [6.45, 7) is 4.32. The molecule has 0 bridgehead atoms. The standard InChI is InChI=1S/C6H9IN2O2/c1-4(2)10-3-5-8-6(7)9-11-5/h4H,3H2,1-2H3. The Labute approximate surface area is 78.5 Å². The number of aromatic nitrogens is 2. The van der Waals surface area contributed by atoms with E-state index in [1.54, 1.807) is 0 Å². The van der Waals surface area contributed by atoms with Crippen LogP contribution in [0.2, 0.25) is 0 Å². The number of hydrogen-bond donors (Lipinski definition) is 0. The fourth-order valence-electron chi connectivity index (χ4n) is 0.531. The van der Waals surface area contributed by atoms with E-state index >= 15 is 0 Å². The maximum absolute atomic E-state index is 5.24. The highest BCUT2D eigenvalue weighted by Crippen LogP contribution is 2.02. The van der Waals surface area contributed by atoms with E-state index < -0.39 is 0 Å². The minimum atomic E-state index is 0.194.